The highest BCUT2D eigenvalue weighted by Gasteiger charge is 2.39. The minimum atomic E-state index is -0.478. The van der Waals surface area contributed by atoms with Crippen LogP contribution in [0.4, 0.5) is 11.4 Å². The average Bonchev–Trinajstić information content (AvgIpc) is 2.90. The Morgan fingerprint density at radius 1 is 1.45 bits per heavy atom. The highest BCUT2D eigenvalue weighted by Crippen LogP contribution is 2.38. The van der Waals surface area contributed by atoms with E-state index in [0.717, 1.165) is 25.7 Å². The van der Waals surface area contributed by atoms with Crippen molar-refractivity contribution in [3.05, 3.63) is 33.9 Å². The van der Waals surface area contributed by atoms with Gasteiger partial charge in [0.2, 0.25) is 5.91 Å². The summed E-state index contributed by atoms with van der Waals surface area (Å²) >= 11 is 0. The van der Waals surface area contributed by atoms with Crippen LogP contribution < -0.4 is 11.1 Å². The standard InChI is InChI=1S/C14H19N3O3/c1-10-8-11(17(19)20)4-5-12(10)16-13(18)14(9-15)6-2-3-7-14/h4-5,8H,2-3,6-7,9,15H2,1H3,(H,16,18). The first-order valence-corrected chi connectivity index (χ1v) is 6.75. The fraction of sp³-hybridized carbons (Fsp3) is 0.500. The molecule has 0 saturated heterocycles. The largest absolute Gasteiger partial charge is 0.329 e. The summed E-state index contributed by atoms with van der Waals surface area (Å²) in [4.78, 5) is 22.7. The Labute approximate surface area is 117 Å². The molecule has 1 fully saturated rings. The van der Waals surface area contributed by atoms with Crippen molar-refractivity contribution in [1.29, 1.82) is 0 Å². The van der Waals surface area contributed by atoms with Gasteiger partial charge in [0.25, 0.3) is 5.69 Å². The Balaban J connectivity index is 2.17. The molecule has 6 heteroatoms. The Kier molecular flexibility index (Phi) is 4.04. The molecule has 2 rings (SSSR count). The van der Waals surface area contributed by atoms with E-state index < -0.39 is 10.3 Å². The second-order valence-electron chi connectivity index (χ2n) is 5.40. The smallest absolute Gasteiger partial charge is 0.269 e. The maximum atomic E-state index is 12.4. The van der Waals surface area contributed by atoms with E-state index in [4.69, 9.17) is 5.73 Å². The third kappa shape index (κ3) is 2.65. The lowest BCUT2D eigenvalue weighted by molar-refractivity contribution is -0.384. The number of carbonyl (C=O) groups excluding carboxylic acids is 1. The van der Waals surface area contributed by atoms with Gasteiger partial charge in [0.05, 0.1) is 10.3 Å². The van der Waals surface area contributed by atoms with Crippen molar-refractivity contribution in [3.8, 4) is 0 Å². The number of aryl methyl sites for hydroxylation is 1. The summed E-state index contributed by atoms with van der Waals surface area (Å²) in [6.07, 6.45) is 3.65. The van der Waals surface area contributed by atoms with Crippen molar-refractivity contribution in [2.75, 3.05) is 11.9 Å². The molecular weight excluding hydrogens is 258 g/mol. The van der Waals surface area contributed by atoms with Gasteiger partial charge in [0.1, 0.15) is 0 Å². The first kappa shape index (κ1) is 14.5. The molecule has 1 saturated carbocycles. The number of nitro benzene ring substituents is 1. The molecule has 1 aromatic rings. The van der Waals surface area contributed by atoms with Gasteiger partial charge in [-0.15, -0.1) is 0 Å². The lowest BCUT2D eigenvalue weighted by atomic mass is 9.85. The first-order valence-electron chi connectivity index (χ1n) is 6.75. The molecule has 0 radical (unpaired) electrons. The van der Waals surface area contributed by atoms with E-state index in [-0.39, 0.29) is 11.6 Å². The number of hydrogen-bond acceptors (Lipinski definition) is 4. The Bertz CT molecular complexity index is 536. The maximum absolute atomic E-state index is 12.4. The summed E-state index contributed by atoms with van der Waals surface area (Å²) < 4.78 is 0. The molecule has 0 heterocycles. The number of carbonyl (C=O) groups is 1. The number of non-ortho nitro benzene ring substituents is 1. The van der Waals surface area contributed by atoms with Crippen LogP contribution in [0.15, 0.2) is 18.2 Å². The molecule has 3 N–H and O–H groups in total. The summed E-state index contributed by atoms with van der Waals surface area (Å²) in [5.74, 6) is -0.0746. The van der Waals surface area contributed by atoms with Gasteiger partial charge >= 0.3 is 0 Å². The molecule has 1 aromatic carbocycles. The molecule has 1 aliphatic rings. The van der Waals surface area contributed by atoms with Crippen molar-refractivity contribution in [3.63, 3.8) is 0 Å². The molecule has 0 aliphatic heterocycles. The minimum Gasteiger partial charge on any atom is -0.329 e. The first-order chi connectivity index (χ1) is 9.48. The molecule has 0 atom stereocenters. The zero-order chi connectivity index (χ0) is 14.8. The third-order valence-corrected chi connectivity index (χ3v) is 4.10. The van der Waals surface area contributed by atoms with E-state index in [0.29, 0.717) is 17.8 Å². The van der Waals surface area contributed by atoms with E-state index in [9.17, 15) is 14.9 Å². The fourth-order valence-corrected chi connectivity index (χ4v) is 2.73. The monoisotopic (exact) mass is 277 g/mol. The lowest BCUT2D eigenvalue weighted by Gasteiger charge is -2.26. The van der Waals surface area contributed by atoms with Crippen LogP contribution >= 0.6 is 0 Å². The normalized spacial score (nSPS) is 16.9. The molecule has 1 aliphatic carbocycles. The van der Waals surface area contributed by atoms with Crippen LogP contribution in [0.3, 0.4) is 0 Å². The average molecular weight is 277 g/mol. The Morgan fingerprint density at radius 3 is 2.60 bits per heavy atom. The van der Waals surface area contributed by atoms with E-state index in [1.165, 1.54) is 12.1 Å². The van der Waals surface area contributed by atoms with Crippen LogP contribution in [-0.2, 0) is 4.79 Å². The maximum Gasteiger partial charge on any atom is 0.269 e. The van der Waals surface area contributed by atoms with Crippen molar-refractivity contribution >= 4 is 17.3 Å². The number of amides is 1. The van der Waals surface area contributed by atoms with Gasteiger partial charge in [0.15, 0.2) is 0 Å². The third-order valence-electron chi connectivity index (χ3n) is 4.10. The van der Waals surface area contributed by atoms with Crippen LogP contribution in [0.1, 0.15) is 31.2 Å². The van der Waals surface area contributed by atoms with Gasteiger partial charge in [-0.05, 0) is 31.4 Å². The van der Waals surface area contributed by atoms with Crippen LogP contribution in [0.5, 0.6) is 0 Å². The zero-order valence-corrected chi connectivity index (χ0v) is 11.5. The van der Waals surface area contributed by atoms with Crippen LogP contribution in [0.2, 0.25) is 0 Å². The number of nitrogens with one attached hydrogen (secondary N) is 1. The topological polar surface area (TPSA) is 98.3 Å². The van der Waals surface area contributed by atoms with Crippen molar-refractivity contribution < 1.29 is 9.72 Å². The number of anilines is 1. The molecular formula is C14H19N3O3. The molecule has 108 valence electrons. The van der Waals surface area contributed by atoms with Crippen molar-refractivity contribution in [2.45, 2.75) is 32.6 Å². The summed E-state index contributed by atoms with van der Waals surface area (Å²) in [5.41, 5.74) is 6.61. The molecule has 0 aromatic heterocycles. The quantitative estimate of drug-likeness (QED) is 0.652. The van der Waals surface area contributed by atoms with Gasteiger partial charge in [-0.1, -0.05) is 12.8 Å². The SMILES string of the molecule is Cc1cc([N+](=O)[O-])ccc1NC(=O)C1(CN)CCCC1. The summed E-state index contributed by atoms with van der Waals surface area (Å²) in [6.45, 7) is 2.08. The molecule has 6 nitrogen and oxygen atoms in total. The molecule has 20 heavy (non-hydrogen) atoms. The molecule has 0 unspecified atom stereocenters. The zero-order valence-electron chi connectivity index (χ0n) is 11.5. The van der Waals surface area contributed by atoms with Gasteiger partial charge < -0.3 is 11.1 Å². The molecule has 0 bridgehead atoms. The predicted octanol–water partition coefficient (Wildman–Crippen LogP) is 2.36. The number of rotatable bonds is 4. The number of nitrogens with zero attached hydrogens (tertiary/aromatic N) is 1. The van der Waals surface area contributed by atoms with Crippen LogP contribution in [0.25, 0.3) is 0 Å². The second kappa shape index (κ2) is 5.58. The van der Waals surface area contributed by atoms with Crippen LogP contribution in [-0.4, -0.2) is 17.4 Å². The second-order valence-corrected chi connectivity index (χ2v) is 5.40. The van der Waals surface area contributed by atoms with Crippen molar-refractivity contribution in [1.82, 2.24) is 0 Å². The summed E-state index contributed by atoms with van der Waals surface area (Å²) in [5, 5.41) is 13.6. The van der Waals surface area contributed by atoms with Crippen LogP contribution in [0, 0.1) is 22.5 Å². The van der Waals surface area contributed by atoms with E-state index in [1.54, 1.807) is 13.0 Å². The highest BCUT2D eigenvalue weighted by molar-refractivity contribution is 5.96. The Morgan fingerprint density at radius 2 is 2.10 bits per heavy atom. The van der Waals surface area contributed by atoms with Gasteiger partial charge in [0, 0.05) is 24.4 Å². The van der Waals surface area contributed by atoms with Gasteiger partial charge in [-0.3, -0.25) is 14.9 Å². The van der Waals surface area contributed by atoms with E-state index in [2.05, 4.69) is 5.32 Å². The summed E-state index contributed by atoms with van der Waals surface area (Å²) in [6, 6.07) is 4.43. The number of hydrogen-bond donors (Lipinski definition) is 2. The number of nitro groups is 1. The number of benzene rings is 1. The van der Waals surface area contributed by atoms with E-state index >= 15 is 0 Å². The van der Waals surface area contributed by atoms with E-state index in [1.807, 2.05) is 0 Å². The lowest BCUT2D eigenvalue weighted by Crippen LogP contribution is -2.40. The Hall–Kier alpha value is -1.95. The predicted molar refractivity (Wildman–Crippen MR) is 76.4 cm³/mol. The number of nitrogens with two attached hydrogens (primary N) is 1. The summed E-state index contributed by atoms with van der Waals surface area (Å²) in [7, 11) is 0. The molecule has 1 amide bonds. The highest BCUT2D eigenvalue weighted by atomic mass is 16.6. The van der Waals surface area contributed by atoms with Crippen molar-refractivity contribution in [2.24, 2.45) is 11.1 Å². The van der Waals surface area contributed by atoms with Gasteiger partial charge in [-0.2, -0.15) is 0 Å². The fourth-order valence-electron chi connectivity index (χ4n) is 2.73. The van der Waals surface area contributed by atoms with Gasteiger partial charge in [-0.25, -0.2) is 0 Å². The minimum absolute atomic E-state index is 0.0231. The molecule has 0 spiro atoms.